The predicted molar refractivity (Wildman–Crippen MR) is 114 cm³/mol. The van der Waals surface area contributed by atoms with E-state index in [2.05, 4.69) is 10.0 Å². The number of nitrogens with zero attached hydrogens (tertiary/aromatic N) is 2. The summed E-state index contributed by atoms with van der Waals surface area (Å²) in [5, 5.41) is 15.4. The molecule has 0 aliphatic carbocycles. The number of nitro groups is 1. The van der Waals surface area contributed by atoms with Gasteiger partial charge >= 0.3 is 0 Å². The molecule has 0 spiro atoms. The number of carbonyl (C=O) groups excluding carboxylic acids is 2. The molecule has 166 valence electrons. The van der Waals surface area contributed by atoms with Crippen LogP contribution in [-0.2, 0) is 32.6 Å². The maximum atomic E-state index is 12.3. The van der Waals surface area contributed by atoms with E-state index in [1.807, 2.05) is 11.4 Å². The van der Waals surface area contributed by atoms with Crippen LogP contribution < -0.4 is 10.0 Å². The van der Waals surface area contributed by atoms with E-state index in [1.54, 1.807) is 16.2 Å². The van der Waals surface area contributed by atoms with Crippen molar-refractivity contribution in [3.05, 3.63) is 56.3 Å². The molecule has 0 saturated heterocycles. The van der Waals surface area contributed by atoms with Crippen molar-refractivity contribution in [2.24, 2.45) is 0 Å². The van der Waals surface area contributed by atoms with Crippen LogP contribution in [0.15, 0.2) is 40.6 Å². The van der Waals surface area contributed by atoms with Gasteiger partial charge in [-0.05, 0) is 29.5 Å². The number of benzene rings is 1. The number of fused-ring (bicyclic) bond motifs is 1. The lowest BCUT2D eigenvalue weighted by Gasteiger charge is -2.27. The quantitative estimate of drug-likeness (QED) is 0.326. The standard InChI is InChI=1S/C19H22N4O6S2/c24-18(4-5-19(25)22-10-6-17-14(13-22)7-11-30-17)20-8-9-21-31(28,29)16-3-1-2-15(12-16)23(26)27/h1-3,7,11-12,21H,4-6,8-10,13H2,(H,20,24). The SMILES string of the molecule is O=C(CCC(=O)N1CCc2sccc2C1)NCCNS(=O)(=O)c1cccc([N+](=O)[O-])c1. The smallest absolute Gasteiger partial charge is 0.270 e. The number of non-ortho nitro benzene ring substituents is 1. The Labute approximate surface area is 183 Å². The Morgan fingerprint density at radius 1 is 1.19 bits per heavy atom. The van der Waals surface area contributed by atoms with Crippen LogP contribution in [0.3, 0.4) is 0 Å². The van der Waals surface area contributed by atoms with Gasteiger partial charge in [0.05, 0.1) is 9.82 Å². The van der Waals surface area contributed by atoms with Crippen molar-refractivity contribution in [3.63, 3.8) is 0 Å². The molecule has 0 bridgehead atoms. The molecule has 0 saturated carbocycles. The van der Waals surface area contributed by atoms with Crippen molar-refractivity contribution >= 4 is 38.9 Å². The minimum Gasteiger partial charge on any atom is -0.355 e. The second-order valence-corrected chi connectivity index (χ2v) is 9.70. The van der Waals surface area contributed by atoms with Crippen LogP contribution in [0.2, 0.25) is 0 Å². The molecule has 1 aliphatic rings. The summed E-state index contributed by atoms with van der Waals surface area (Å²) in [6, 6.07) is 6.71. The van der Waals surface area contributed by atoms with Gasteiger partial charge in [0, 0.05) is 56.0 Å². The molecule has 2 heterocycles. The summed E-state index contributed by atoms with van der Waals surface area (Å²) in [4.78, 5) is 37.2. The first-order valence-corrected chi connectivity index (χ1v) is 12.0. The molecule has 0 unspecified atom stereocenters. The number of nitro benzene ring substituents is 1. The zero-order valence-electron chi connectivity index (χ0n) is 16.6. The Morgan fingerprint density at radius 3 is 2.77 bits per heavy atom. The number of carbonyl (C=O) groups is 2. The zero-order chi connectivity index (χ0) is 22.4. The topological polar surface area (TPSA) is 139 Å². The molecule has 1 aromatic carbocycles. The van der Waals surface area contributed by atoms with Gasteiger partial charge in [0.15, 0.2) is 0 Å². The van der Waals surface area contributed by atoms with Crippen molar-refractivity contribution in [2.75, 3.05) is 19.6 Å². The number of nitrogens with one attached hydrogen (secondary N) is 2. The van der Waals surface area contributed by atoms with Gasteiger partial charge in [0.2, 0.25) is 21.8 Å². The highest BCUT2D eigenvalue weighted by molar-refractivity contribution is 7.89. The van der Waals surface area contributed by atoms with E-state index in [0.29, 0.717) is 13.1 Å². The molecule has 1 aromatic heterocycles. The van der Waals surface area contributed by atoms with Crippen molar-refractivity contribution in [1.82, 2.24) is 14.9 Å². The second kappa shape index (κ2) is 9.98. The highest BCUT2D eigenvalue weighted by Crippen LogP contribution is 2.24. The van der Waals surface area contributed by atoms with Crippen LogP contribution in [0.1, 0.15) is 23.3 Å². The highest BCUT2D eigenvalue weighted by atomic mass is 32.2. The Bertz CT molecular complexity index is 1080. The van der Waals surface area contributed by atoms with Gasteiger partial charge in [0.1, 0.15) is 0 Å². The molecule has 0 fully saturated rings. The molecule has 12 heteroatoms. The van der Waals surface area contributed by atoms with Gasteiger partial charge < -0.3 is 10.2 Å². The van der Waals surface area contributed by atoms with Gasteiger partial charge in [-0.2, -0.15) is 0 Å². The van der Waals surface area contributed by atoms with Crippen molar-refractivity contribution in [1.29, 1.82) is 0 Å². The summed E-state index contributed by atoms with van der Waals surface area (Å²) < 4.78 is 26.7. The number of thiophene rings is 1. The minimum atomic E-state index is -3.94. The highest BCUT2D eigenvalue weighted by Gasteiger charge is 2.22. The summed E-state index contributed by atoms with van der Waals surface area (Å²) in [5.41, 5.74) is 0.829. The van der Waals surface area contributed by atoms with E-state index < -0.39 is 14.9 Å². The van der Waals surface area contributed by atoms with E-state index in [1.165, 1.54) is 23.1 Å². The van der Waals surface area contributed by atoms with E-state index in [4.69, 9.17) is 0 Å². The summed E-state index contributed by atoms with van der Waals surface area (Å²) in [5.74, 6) is -0.436. The number of amides is 2. The van der Waals surface area contributed by atoms with Crippen molar-refractivity contribution in [3.8, 4) is 0 Å². The monoisotopic (exact) mass is 466 g/mol. The third-order valence-electron chi connectivity index (χ3n) is 4.80. The molecule has 10 nitrogen and oxygen atoms in total. The number of rotatable bonds is 9. The molecule has 1 aliphatic heterocycles. The number of hydrogen-bond acceptors (Lipinski definition) is 7. The largest absolute Gasteiger partial charge is 0.355 e. The molecular weight excluding hydrogens is 444 g/mol. The molecule has 2 N–H and O–H groups in total. The van der Waals surface area contributed by atoms with E-state index in [0.717, 1.165) is 18.1 Å². The molecular formula is C19H22N4O6S2. The zero-order valence-corrected chi connectivity index (χ0v) is 18.2. The average Bonchev–Trinajstić information content (AvgIpc) is 3.23. The summed E-state index contributed by atoms with van der Waals surface area (Å²) in [6.07, 6.45) is 0.934. The van der Waals surface area contributed by atoms with Gasteiger partial charge in [-0.25, -0.2) is 13.1 Å². The van der Waals surface area contributed by atoms with Crippen LogP contribution >= 0.6 is 11.3 Å². The van der Waals surface area contributed by atoms with Gasteiger partial charge in [-0.3, -0.25) is 19.7 Å². The molecule has 2 aromatic rings. The molecule has 0 atom stereocenters. The average molecular weight is 467 g/mol. The van der Waals surface area contributed by atoms with Crippen LogP contribution in [0, 0.1) is 10.1 Å². The Balaban J connectivity index is 1.38. The van der Waals surface area contributed by atoms with Crippen LogP contribution in [0.5, 0.6) is 0 Å². The van der Waals surface area contributed by atoms with Gasteiger partial charge in [-0.15, -0.1) is 11.3 Å². The fraction of sp³-hybridized carbons (Fsp3) is 0.368. The summed E-state index contributed by atoms with van der Waals surface area (Å²) >= 11 is 1.69. The third kappa shape index (κ3) is 6.09. The normalized spacial score (nSPS) is 13.5. The first-order valence-electron chi connectivity index (χ1n) is 9.60. The number of sulfonamides is 1. The van der Waals surface area contributed by atoms with E-state index in [9.17, 15) is 28.1 Å². The summed E-state index contributed by atoms with van der Waals surface area (Å²) in [7, 11) is -3.94. The lowest BCUT2D eigenvalue weighted by molar-refractivity contribution is -0.385. The Morgan fingerprint density at radius 2 is 2.00 bits per heavy atom. The number of hydrogen-bond donors (Lipinski definition) is 2. The first kappa shape index (κ1) is 22.8. The fourth-order valence-electron chi connectivity index (χ4n) is 3.16. The molecule has 3 rings (SSSR count). The third-order valence-corrected chi connectivity index (χ3v) is 7.29. The Kier molecular flexibility index (Phi) is 7.36. The second-order valence-electron chi connectivity index (χ2n) is 6.94. The maximum Gasteiger partial charge on any atom is 0.270 e. The first-order chi connectivity index (χ1) is 14.8. The maximum absolute atomic E-state index is 12.3. The Hall–Kier alpha value is -2.83. The van der Waals surface area contributed by atoms with Gasteiger partial charge in [-0.1, -0.05) is 6.07 Å². The molecule has 31 heavy (non-hydrogen) atoms. The minimum absolute atomic E-state index is 0.0173. The van der Waals surface area contributed by atoms with Crippen LogP contribution in [0.25, 0.3) is 0 Å². The van der Waals surface area contributed by atoms with Crippen molar-refractivity contribution in [2.45, 2.75) is 30.7 Å². The molecule has 0 radical (unpaired) electrons. The summed E-state index contributed by atoms with van der Waals surface area (Å²) in [6.45, 7) is 1.16. The predicted octanol–water partition coefficient (Wildman–Crippen LogP) is 1.42. The fourth-order valence-corrected chi connectivity index (χ4v) is 5.12. The lowest BCUT2D eigenvalue weighted by atomic mass is 10.1. The van der Waals surface area contributed by atoms with E-state index in [-0.39, 0.29) is 48.3 Å². The van der Waals surface area contributed by atoms with Crippen LogP contribution in [-0.4, -0.2) is 49.7 Å². The van der Waals surface area contributed by atoms with E-state index >= 15 is 0 Å². The molecule has 2 amide bonds. The lowest BCUT2D eigenvalue weighted by Crippen LogP contribution is -2.37. The van der Waals surface area contributed by atoms with Crippen molar-refractivity contribution < 1.29 is 22.9 Å². The van der Waals surface area contributed by atoms with Crippen LogP contribution in [0.4, 0.5) is 5.69 Å². The van der Waals surface area contributed by atoms with Gasteiger partial charge in [0.25, 0.3) is 5.69 Å².